The summed E-state index contributed by atoms with van der Waals surface area (Å²) >= 11 is 1.49. The molecule has 3 aromatic rings. The molecule has 0 N–H and O–H groups in total. The minimum Gasteiger partial charge on any atom is -0.309 e. The number of carbonyl (C=O) groups excluding carboxylic acids is 1. The fraction of sp³-hybridized carbons (Fsp3) is 0.300. The number of hydrogen-bond acceptors (Lipinski definition) is 4. The van der Waals surface area contributed by atoms with Crippen LogP contribution in [0.3, 0.4) is 0 Å². The van der Waals surface area contributed by atoms with Gasteiger partial charge in [0.15, 0.2) is 5.13 Å². The fourth-order valence-corrected chi connectivity index (χ4v) is 3.83. The summed E-state index contributed by atoms with van der Waals surface area (Å²) in [5.41, 5.74) is 2.37. The van der Waals surface area contributed by atoms with E-state index in [1.807, 2.05) is 33.2 Å². The number of hydrogen-bond donors (Lipinski definition) is 0. The summed E-state index contributed by atoms with van der Waals surface area (Å²) in [4.78, 5) is 21.4. The minimum atomic E-state index is -0.413. The first-order chi connectivity index (χ1) is 12.4. The van der Waals surface area contributed by atoms with E-state index in [-0.39, 0.29) is 18.3 Å². The van der Waals surface area contributed by atoms with Gasteiger partial charge < -0.3 is 4.90 Å². The Bertz CT molecular complexity index is 928. The predicted octanol–water partition coefficient (Wildman–Crippen LogP) is 4.76. The molecule has 1 aromatic heterocycles. The Balaban J connectivity index is 0.00000261. The van der Waals surface area contributed by atoms with Crippen LogP contribution in [0.4, 0.5) is 9.52 Å². The highest BCUT2D eigenvalue weighted by Gasteiger charge is 2.21. The third-order valence-electron chi connectivity index (χ3n) is 4.07. The number of aromatic nitrogens is 1. The van der Waals surface area contributed by atoms with Crippen molar-refractivity contribution in [3.8, 4) is 0 Å². The number of carbonyl (C=O) groups is 1. The van der Waals surface area contributed by atoms with Crippen molar-refractivity contribution in [2.75, 3.05) is 32.1 Å². The maximum Gasteiger partial charge on any atom is 0.260 e. The molecular formula is C20H23ClFN3OS. The lowest BCUT2D eigenvalue weighted by molar-refractivity contribution is 0.0985. The summed E-state index contributed by atoms with van der Waals surface area (Å²) in [6.45, 7) is 3.43. The van der Waals surface area contributed by atoms with Crippen LogP contribution in [0, 0.1) is 12.7 Å². The molecule has 0 aliphatic carbocycles. The highest BCUT2D eigenvalue weighted by Crippen LogP contribution is 2.30. The number of fused-ring (bicyclic) bond motifs is 1. The lowest BCUT2D eigenvalue weighted by atomic mass is 10.2. The molecule has 0 bridgehead atoms. The van der Waals surface area contributed by atoms with E-state index >= 15 is 0 Å². The summed E-state index contributed by atoms with van der Waals surface area (Å²) in [5, 5.41) is 0.651. The lowest BCUT2D eigenvalue weighted by Gasteiger charge is -2.21. The fourth-order valence-electron chi connectivity index (χ4n) is 2.74. The van der Waals surface area contributed by atoms with Crippen LogP contribution in [0.5, 0.6) is 0 Å². The van der Waals surface area contributed by atoms with E-state index < -0.39 is 5.82 Å². The second-order valence-electron chi connectivity index (χ2n) is 6.59. The van der Waals surface area contributed by atoms with Crippen molar-refractivity contribution in [1.82, 2.24) is 9.88 Å². The van der Waals surface area contributed by atoms with Crippen LogP contribution < -0.4 is 4.90 Å². The molecule has 7 heteroatoms. The van der Waals surface area contributed by atoms with Gasteiger partial charge in [-0.2, -0.15) is 0 Å². The zero-order chi connectivity index (χ0) is 18.7. The lowest BCUT2D eigenvalue weighted by Crippen LogP contribution is -2.33. The van der Waals surface area contributed by atoms with E-state index in [0.29, 0.717) is 17.2 Å². The molecule has 144 valence electrons. The quantitative estimate of drug-likeness (QED) is 0.590. The topological polar surface area (TPSA) is 36.4 Å². The van der Waals surface area contributed by atoms with Crippen LogP contribution in [0.2, 0.25) is 0 Å². The Morgan fingerprint density at radius 3 is 2.63 bits per heavy atom. The molecule has 0 saturated heterocycles. The summed E-state index contributed by atoms with van der Waals surface area (Å²) in [6, 6.07) is 11.9. The maximum atomic E-state index is 13.6. The number of halogens is 2. The van der Waals surface area contributed by atoms with Gasteiger partial charge in [0.05, 0.1) is 10.2 Å². The molecule has 0 radical (unpaired) electrons. The van der Waals surface area contributed by atoms with Crippen LogP contribution in [0.1, 0.15) is 22.3 Å². The molecule has 0 fully saturated rings. The van der Waals surface area contributed by atoms with Crippen molar-refractivity contribution in [2.24, 2.45) is 0 Å². The second-order valence-corrected chi connectivity index (χ2v) is 7.60. The number of anilines is 1. The van der Waals surface area contributed by atoms with Crippen molar-refractivity contribution in [3.05, 3.63) is 59.4 Å². The van der Waals surface area contributed by atoms with Gasteiger partial charge in [0.2, 0.25) is 0 Å². The zero-order valence-electron chi connectivity index (χ0n) is 15.6. The van der Waals surface area contributed by atoms with Gasteiger partial charge in [-0.3, -0.25) is 9.69 Å². The summed E-state index contributed by atoms with van der Waals surface area (Å²) < 4.78 is 14.6. The molecule has 27 heavy (non-hydrogen) atoms. The molecule has 1 amide bonds. The van der Waals surface area contributed by atoms with Crippen molar-refractivity contribution < 1.29 is 9.18 Å². The van der Waals surface area contributed by atoms with E-state index in [1.165, 1.54) is 23.5 Å². The first-order valence-corrected chi connectivity index (χ1v) is 9.35. The number of benzene rings is 2. The number of thiazole rings is 1. The van der Waals surface area contributed by atoms with E-state index in [0.717, 1.165) is 28.7 Å². The number of amides is 1. The van der Waals surface area contributed by atoms with Crippen molar-refractivity contribution in [1.29, 1.82) is 0 Å². The standard InChI is InChI=1S/C20H22FN3OS.ClH/c1-14-8-9-17-18(12-14)26-20(22-17)24(11-5-10-23(2)3)19(25)15-6-4-7-16(21)13-15;/h4,6-9,12-13H,5,10-11H2,1-3H3;1H. The Morgan fingerprint density at radius 2 is 1.93 bits per heavy atom. The SMILES string of the molecule is Cc1ccc2nc(N(CCCN(C)C)C(=O)c3cccc(F)c3)sc2c1.Cl. The van der Waals surface area contributed by atoms with Gasteiger partial charge in [0, 0.05) is 12.1 Å². The van der Waals surface area contributed by atoms with Crippen molar-refractivity contribution >= 4 is 45.0 Å². The Kier molecular flexibility index (Phi) is 7.30. The highest BCUT2D eigenvalue weighted by molar-refractivity contribution is 7.22. The molecule has 4 nitrogen and oxygen atoms in total. The molecule has 0 atom stereocenters. The van der Waals surface area contributed by atoms with Gasteiger partial charge in [-0.15, -0.1) is 12.4 Å². The van der Waals surface area contributed by atoms with Crippen LogP contribution >= 0.6 is 23.7 Å². The summed E-state index contributed by atoms with van der Waals surface area (Å²) in [5.74, 6) is -0.636. The monoisotopic (exact) mass is 407 g/mol. The molecule has 0 unspecified atom stereocenters. The second kappa shape index (κ2) is 9.26. The molecule has 1 heterocycles. The molecule has 0 aliphatic heterocycles. The maximum absolute atomic E-state index is 13.6. The Labute approximate surface area is 169 Å². The minimum absolute atomic E-state index is 0. The van der Waals surface area contributed by atoms with Crippen LogP contribution in [0.25, 0.3) is 10.2 Å². The highest BCUT2D eigenvalue weighted by atomic mass is 35.5. The molecular weight excluding hydrogens is 385 g/mol. The molecule has 0 saturated carbocycles. The van der Waals surface area contributed by atoms with Gasteiger partial charge in [-0.1, -0.05) is 23.5 Å². The van der Waals surface area contributed by atoms with E-state index in [4.69, 9.17) is 0 Å². The van der Waals surface area contributed by atoms with Crippen LogP contribution in [0.15, 0.2) is 42.5 Å². The number of nitrogens with zero attached hydrogens (tertiary/aromatic N) is 3. The number of aryl methyl sites for hydroxylation is 1. The third kappa shape index (κ3) is 5.25. The first-order valence-electron chi connectivity index (χ1n) is 8.53. The van der Waals surface area contributed by atoms with Gasteiger partial charge in [-0.05, 0) is 69.9 Å². The van der Waals surface area contributed by atoms with Crippen LogP contribution in [-0.2, 0) is 0 Å². The molecule has 0 aliphatic rings. The van der Waals surface area contributed by atoms with Crippen LogP contribution in [-0.4, -0.2) is 43.0 Å². The van der Waals surface area contributed by atoms with Gasteiger partial charge in [0.25, 0.3) is 5.91 Å². The van der Waals surface area contributed by atoms with Crippen molar-refractivity contribution in [3.63, 3.8) is 0 Å². The molecule has 0 spiro atoms. The Hall–Kier alpha value is -2.02. The molecule has 3 rings (SSSR count). The number of rotatable bonds is 6. The van der Waals surface area contributed by atoms with E-state index in [1.54, 1.807) is 17.0 Å². The van der Waals surface area contributed by atoms with E-state index in [9.17, 15) is 9.18 Å². The average Bonchev–Trinajstić information content (AvgIpc) is 3.00. The normalized spacial score (nSPS) is 10.9. The smallest absolute Gasteiger partial charge is 0.260 e. The van der Waals surface area contributed by atoms with Gasteiger partial charge in [-0.25, -0.2) is 9.37 Å². The van der Waals surface area contributed by atoms with E-state index in [2.05, 4.69) is 16.0 Å². The first kappa shape index (κ1) is 21.3. The van der Waals surface area contributed by atoms with Crippen molar-refractivity contribution in [2.45, 2.75) is 13.3 Å². The predicted molar refractivity (Wildman–Crippen MR) is 113 cm³/mol. The average molecular weight is 408 g/mol. The molecule has 2 aromatic carbocycles. The van der Waals surface area contributed by atoms with Gasteiger partial charge in [0.1, 0.15) is 5.82 Å². The largest absolute Gasteiger partial charge is 0.309 e. The van der Waals surface area contributed by atoms with Gasteiger partial charge >= 0.3 is 0 Å². The zero-order valence-corrected chi connectivity index (χ0v) is 17.2. The Morgan fingerprint density at radius 1 is 1.15 bits per heavy atom. The third-order valence-corrected chi connectivity index (χ3v) is 5.11. The summed E-state index contributed by atoms with van der Waals surface area (Å²) in [6.07, 6.45) is 0.809. The summed E-state index contributed by atoms with van der Waals surface area (Å²) in [7, 11) is 4.00.